The van der Waals surface area contributed by atoms with E-state index in [0.29, 0.717) is 0 Å². The van der Waals surface area contributed by atoms with Crippen LogP contribution in [-0.2, 0) is 25.7 Å². The van der Waals surface area contributed by atoms with Crippen molar-refractivity contribution < 1.29 is 9.59 Å². The van der Waals surface area contributed by atoms with Crippen LogP contribution in [0.15, 0.2) is 24.3 Å². The molecular weight excluding hydrogens is 665 g/mol. The van der Waals surface area contributed by atoms with Crippen molar-refractivity contribution in [1.29, 1.82) is 0 Å². The Hall–Kier alpha value is -1.86. The van der Waals surface area contributed by atoms with Gasteiger partial charge in [0.05, 0.1) is 9.75 Å². The molecule has 0 aromatic carbocycles. The second-order valence-electron chi connectivity index (χ2n) is 13.4. The molecule has 4 heterocycles. The predicted octanol–water partition coefficient (Wildman–Crippen LogP) is 15.0. The highest BCUT2D eigenvalue weighted by Crippen LogP contribution is 2.49. The molecule has 0 radical (unpaired) electrons. The average Bonchev–Trinajstić information content (AvgIpc) is 3.90. The van der Waals surface area contributed by atoms with Gasteiger partial charge in [-0.25, -0.2) is 0 Å². The van der Waals surface area contributed by atoms with Crippen molar-refractivity contribution in [3.8, 4) is 29.3 Å². The lowest BCUT2D eigenvalue weighted by Crippen LogP contribution is -1.89. The van der Waals surface area contributed by atoms with E-state index in [-0.39, 0.29) is 0 Å². The van der Waals surface area contributed by atoms with Crippen LogP contribution in [0, 0.1) is 0 Å². The maximum atomic E-state index is 12.0. The van der Waals surface area contributed by atoms with Crippen molar-refractivity contribution in [2.24, 2.45) is 0 Å². The molecule has 0 aliphatic rings. The number of thiophene rings is 4. The van der Waals surface area contributed by atoms with Gasteiger partial charge >= 0.3 is 0 Å². The lowest BCUT2D eigenvalue weighted by Gasteiger charge is -2.06. The largest absolute Gasteiger partial charge is 0.297 e. The van der Waals surface area contributed by atoms with Crippen LogP contribution in [0.1, 0.15) is 172 Å². The van der Waals surface area contributed by atoms with Gasteiger partial charge in [0.1, 0.15) is 0 Å². The molecule has 6 heteroatoms. The monoisotopic (exact) mass is 722 g/mol. The standard InChI is InChI=1S/C42H58O2S4/c1-5-9-13-17-21-31-25-35(29-43)45-39(31)41-33(23-19-15-11-7-3)27-37(47-41)38-28-34(24-20-16-12-8-4)42(48-38)40-32(22-18-14-10-6-2)26-36(30-44)46-40/h25-30H,5-24H2,1-4H3. The lowest BCUT2D eigenvalue weighted by molar-refractivity contribution is 0.111. The molecule has 48 heavy (non-hydrogen) atoms. The second-order valence-corrected chi connectivity index (χ2v) is 17.7. The van der Waals surface area contributed by atoms with Gasteiger partial charge in [-0.3, -0.25) is 9.59 Å². The Balaban J connectivity index is 1.76. The van der Waals surface area contributed by atoms with Gasteiger partial charge in [0, 0.05) is 29.3 Å². The van der Waals surface area contributed by atoms with Crippen LogP contribution < -0.4 is 0 Å². The lowest BCUT2D eigenvalue weighted by atomic mass is 10.0. The number of hydrogen-bond donors (Lipinski definition) is 0. The summed E-state index contributed by atoms with van der Waals surface area (Å²) in [7, 11) is 0. The van der Waals surface area contributed by atoms with Crippen LogP contribution in [0.2, 0.25) is 0 Å². The minimum absolute atomic E-state index is 0.852. The maximum Gasteiger partial charge on any atom is 0.160 e. The Kier molecular flexibility index (Phi) is 17.3. The first-order valence-electron chi connectivity index (χ1n) is 19.0. The summed E-state index contributed by atoms with van der Waals surface area (Å²) in [4.78, 5) is 33.8. The molecule has 4 aromatic rings. The highest BCUT2D eigenvalue weighted by atomic mass is 32.1. The van der Waals surface area contributed by atoms with E-state index in [4.69, 9.17) is 0 Å². The minimum atomic E-state index is 0.852. The van der Waals surface area contributed by atoms with Gasteiger partial charge < -0.3 is 0 Å². The SMILES string of the molecule is CCCCCCc1cc(C=O)sc1-c1sc(-c2cc(CCCCCC)c(-c3sc(C=O)cc3CCCCCC)s2)cc1CCCCCC. The van der Waals surface area contributed by atoms with E-state index in [1.165, 1.54) is 154 Å². The Morgan fingerprint density at radius 1 is 0.396 bits per heavy atom. The van der Waals surface area contributed by atoms with Crippen molar-refractivity contribution >= 4 is 57.9 Å². The molecule has 0 atom stereocenters. The topological polar surface area (TPSA) is 34.1 Å². The van der Waals surface area contributed by atoms with Crippen molar-refractivity contribution in [3.05, 3.63) is 56.3 Å². The Morgan fingerprint density at radius 2 is 0.688 bits per heavy atom. The number of carbonyl (C=O) groups excluding carboxylic acids is 2. The third-order valence-corrected chi connectivity index (χ3v) is 14.4. The number of hydrogen-bond acceptors (Lipinski definition) is 6. The number of aldehydes is 2. The fourth-order valence-electron chi connectivity index (χ4n) is 6.60. The molecule has 0 unspecified atom stereocenters. The summed E-state index contributed by atoms with van der Waals surface area (Å²) in [5.41, 5.74) is 5.63. The fourth-order valence-corrected chi connectivity index (χ4v) is 11.5. The van der Waals surface area contributed by atoms with Gasteiger partial charge in [0.25, 0.3) is 0 Å². The van der Waals surface area contributed by atoms with Crippen LogP contribution in [0.5, 0.6) is 0 Å². The van der Waals surface area contributed by atoms with Crippen molar-refractivity contribution in [3.63, 3.8) is 0 Å². The van der Waals surface area contributed by atoms with Gasteiger partial charge in [-0.1, -0.05) is 105 Å². The fraction of sp³-hybridized carbons (Fsp3) is 0.571. The highest BCUT2D eigenvalue weighted by Gasteiger charge is 2.22. The van der Waals surface area contributed by atoms with Crippen molar-refractivity contribution in [1.82, 2.24) is 0 Å². The maximum absolute atomic E-state index is 12.0. The first-order chi connectivity index (χ1) is 23.6. The molecule has 262 valence electrons. The molecule has 0 bridgehead atoms. The molecule has 0 saturated carbocycles. The number of rotatable bonds is 25. The smallest absolute Gasteiger partial charge is 0.160 e. The number of carbonyl (C=O) groups is 2. The second kappa shape index (κ2) is 21.4. The normalized spacial score (nSPS) is 11.5. The van der Waals surface area contributed by atoms with E-state index >= 15 is 0 Å². The van der Waals surface area contributed by atoms with Crippen molar-refractivity contribution in [2.75, 3.05) is 0 Å². The Bertz CT molecular complexity index is 1420. The summed E-state index contributed by atoms with van der Waals surface area (Å²) in [6, 6.07) is 9.31. The van der Waals surface area contributed by atoms with Gasteiger partial charge in [0.2, 0.25) is 0 Å². The number of aryl methyl sites for hydroxylation is 4. The molecule has 0 aliphatic carbocycles. The van der Waals surface area contributed by atoms with E-state index in [2.05, 4.69) is 52.0 Å². The average molecular weight is 723 g/mol. The summed E-state index contributed by atoms with van der Waals surface area (Å²) in [6.45, 7) is 9.09. The third kappa shape index (κ3) is 11.1. The summed E-state index contributed by atoms with van der Waals surface area (Å²) in [5, 5.41) is 0. The van der Waals surface area contributed by atoms with E-state index in [9.17, 15) is 9.59 Å². The third-order valence-electron chi connectivity index (χ3n) is 9.36. The Labute approximate surface area is 307 Å². The molecule has 4 rings (SSSR count). The quantitative estimate of drug-likeness (QED) is 0.0504. The van der Waals surface area contributed by atoms with E-state index < -0.39 is 0 Å². The molecule has 0 N–H and O–H groups in total. The zero-order valence-corrected chi connectivity index (χ0v) is 33.3. The van der Waals surface area contributed by atoms with E-state index in [0.717, 1.165) is 48.0 Å². The predicted molar refractivity (Wildman–Crippen MR) is 216 cm³/mol. The molecule has 0 saturated heterocycles. The van der Waals surface area contributed by atoms with Crippen LogP contribution in [0.3, 0.4) is 0 Å². The summed E-state index contributed by atoms with van der Waals surface area (Å²) in [6.07, 6.45) is 26.2. The van der Waals surface area contributed by atoms with Crippen molar-refractivity contribution in [2.45, 2.75) is 156 Å². The van der Waals surface area contributed by atoms with E-state index in [1.807, 2.05) is 22.7 Å². The highest BCUT2D eigenvalue weighted by molar-refractivity contribution is 7.29. The molecule has 0 aliphatic heterocycles. The summed E-state index contributed by atoms with van der Waals surface area (Å²) < 4.78 is 0. The molecule has 4 aromatic heterocycles. The van der Waals surface area contributed by atoms with E-state index in [1.54, 1.807) is 22.7 Å². The minimum Gasteiger partial charge on any atom is -0.297 e. The van der Waals surface area contributed by atoms with Crippen LogP contribution >= 0.6 is 45.3 Å². The molecule has 0 fully saturated rings. The molecule has 2 nitrogen and oxygen atoms in total. The van der Waals surface area contributed by atoms with Crippen LogP contribution in [0.25, 0.3) is 29.3 Å². The Morgan fingerprint density at radius 3 is 0.979 bits per heavy atom. The van der Waals surface area contributed by atoms with Crippen LogP contribution in [-0.4, -0.2) is 12.6 Å². The van der Waals surface area contributed by atoms with Gasteiger partial charge in [-0.2, -0.15) is 0 Å². The summed E-state index contributed by atoms with van der Waals surface area (Å²) in [5.74, 6) is 0. The zero-order chi connectivity index (χ0) is 34.1. The first-order valence-corrected chi connectivity index (χ1v) is 22.2. The van der Waals surface area contributed by atoms with Crippen LogP contribution in [0.4, 0.5) is 0 Å². The zero-order valence-electron chi connectivity index (χ0n) is 30.1. The van der Waals surface area contributed by atoms with Gasteiger partial charge in [-0.05, 0) is 97.9 Å². The molecule has 0 amide bonds. The first kappa shape index (κ1) is 38.9. The number of unbranched alkanes of at least 4 members (excludes halogenated alkanes) is 12. The molecule has 0 spiro atoms. The summed E-state index contributed by atoms with van der Waals surface area (Å²) >= 11 is 7.28. The molecular formula is C42H58O2S4. The van der Waals surface area contributed by atoms with Gasteiger partial charge in [-0.15, -0.1) is 45.3 Å². The van der Waals surface area contributed by atoms with Gasteiger partial charge in [0.15, 0.2) is 12.6 Å².